The highest BCUT2D eigenvalue weighted by Gasteiger charge is 2.28. The third-order valence-electron chi connectivity index (χ3n) is 5.17. The Labute approximate surface area is 162 Å². The Morgan fingerprint density at radius 3 is 2.86 bits per heavy atom. The Balaban J connectivity index is 1.68. The average Bonchev–Trinajstić information content (AvgIpc) is 3.11. The van der Waals surface area contributed by atoms with Crippen LogP contribution >= 0.6 is 0 Å². The van der Waals surface area contributed by atoms with Gasteiger partial charge >= 0.3 is 0 Å². The molecule has 0 saturated carbocycles. The van der Waals surface area contributed by atoms with Crippen molar-refractivity contribution < 1.29 is 18.4 Å². The van der Waals surface area contributed by atoms with E-state index in [-0.39, 0.29) is 30.3 Å². The van der Waals surface area contributed by atoms with Gasteiger partial charge in [-0.25, -0.2) is 8.78 Å². The molecule has 0 saturated heterocycles. The molecule has 0 radical (unpaired) electrons. The van der Waals surface area contributed by atoms with Crippen molar-refractivity contribution in [3.05, 3.63) is 52.3 Å². The predicted octanol–water partition coefficient (Wildman–Crippen LogP) is 2.59. The molecule has 6 nitrogen and oxygen atoms in total. The third-order valence-corrected chi connectivity index (χ3v) is 5.17. The van der Waals surface area contributed by atoms with Gasteiger partial charge in [-0.05, 0) is 17.5 Å². The first-order valence-corrected chi connectivity index (χ1v) is 9.45. The number of carbonyl (C=O) groups excluding carboxylic acids is 2. The number of hydrogen-bond donors (Lipinski definition) is 2. The predicted molar refractivity (Wildman–Crippen MR) is 99.6 cm³/mol. The number of nitrogens with zero attached hydrogens (tertiary/aromatic N) is 2. The van der Waals surface area contributed by atoms with Crippen molar-refractivity contribution >= 4 is 11.8 Å². The van der Waals surface area contributed by atoms with Crippen LogP contribution in [0.15, 0.2) is 18.2 Å². The summed E-state index contributed by atoms with van der Waals surface area (Å²) in [5.41, 5.74) is 1.98. The first-order valence-electron chi connectivity index (χ1n) is 9.45. The molecular formula is C20H24F2N4O2. The molecule has 1 atom stereocenters. The van der Waals surface area contributed by atoms with E-state index < -0.39 is 11.6 Å². The van der Waals surface area contributed by atoms with Crippen molar-refractivity contribution in [1.29, 1.82) is 0 Å². The number of aromatic nitrogens is 2. The van der Waals surface area contributed by atoms with E-state index in [1.54, 1.807) is 4.90 Å². The van der Waals surface area contributed by atoms with Crippen LogP contribution in [-0.4, -0.2) is 40.0 Å². The highest BCUT2D eigenvalue weighted by Crippen LogP contribution is 2.22. The minimum Gasteiger partial charge on any atom is -0.350 e. The Bertz CT molecular complexity index is 881. The van der Waals surface area contributed by atoms with Crippen LogP contribution in [0.1, 0.15) is 47.6 Å². The van der Waals surface area contributed by atoms with Gasteiger partial charge in [0.05, 0.1) is 6.42 Å². The zero-order valence-corrected chi connectivity index (χ0v) is 16.0. The van der Waals surface area contributed by atoms with Crippen molar-refractivity contribution in [3.63, 3.8) is 0 Å². The minimum absolute atomic E-state index is 0.149. The summed E-state index contributed by atoms with van der Waals surface area (Å²) in [6, 6.07) is 3.19. The Hall–Kier alpha value is -2.77. The molecule has 1 aliphatic rings. The third kappa shape index (κ3) is 4.37. The molecule has 0 bridgehead atoms. The smallest absolute Gasteiger partial charge is 0.272 e. The van der Waals surface area contributed by atoms with Crippen LogP contribution in [-0.2, 0) is 24.2 Å². The summed E-state index contributed by atoms with van der Waals surface area (Å²) in [5.74, 6) is -1.59. The lowest BCUT2D eigenvalue weighted by Crippen LogP contribution is -2.38. The fourth-order valence-corrected chi connectivity index (χ4v) is 3.13. The monoisotopic (exact) mass is 390 g/mol. The topological polar surface area (TPSA) is 78.1 Å². The second-order valence-corrected chi connectivity index (χ2v) is 7.23. The zero-order valence-electron chi connectivity index (χ0n) is 16.0. The summed E-state index contributed by atoms with van der Waals surface area (Å²) in [5, 5.41) is 9.88. The van der Waals surface area contributed by atoms with Crippen molar-refractivity contribution in [2.75, 3.05) is 13.1 Å². The Morgan fingerprint density at radius 2 is 2.14 bits per heavy atom. The first-order chi connectivity index (χ1) is 13.4. The molecule has 1 aromatic heterocycles. The van der Waals surface area contributed by atoms with Crippen molar-refractivity contribution in [3.8, 4) is 0 Å². The molecule has 1 unspecified atom stereocenters. The molecule has 2 amide bonds. The molecule has 1 aromatic carbocycles. The number of hydrogen-bond acceptors (Lipinski definition) is 3. The van der Waals surface area contributed by atoms with E-state index in [1.807, 2.05) is 0 Å². The van der Waals surface area contributed by atoms with Crippen LogP contribution in [0.2, 0.25) is 0 Å². The molecule has 1 aliphatic heterocycles. The maximum Gasteiger partial charge on any atom is 0.272 e. The second-order valence-electron chi connectivity index (χ2n) is 7.23. The summed E-state index contributed by atoms with van der Waals surface area (Å²) in [6.07, 6.45) is 1.34. The average molecular weight is 390 g/mol. The lowest BCUT2D eigenvalue weighted by atomic mass is 10.0. The van der Waals surface area contributed by atoms with Crippen molar-refractivity contribution in [2.24, 2.45) is 5.92 Å². The van der Waals surface area contributed by atoms with E-state index in [0.717, 1.165) is 24.2 Å². The molecule has 3 rings (SSSR count). The number of H-pyrrole nitrogens is 1. The molecular weight excluding hydrogens is 366 g/mol. The van der Waals surface area contributed by atoms with Crippen LogP contribution in [0.5, 0.6) is 0 Å². The lowest BCUT2D eigenvalue weighted by Gasteiger charge is -2.27. The quantitative estimate of drug-likeness (QED) is 0.796. The molecule has 0 fully saturated rings. The van der Waals surface area contributed by atoms with Gasteiger partial charge in [0.2, 0.25) is 5.91 Å². The number of carbonyl (C=O) groups is 2. The molecule has 28 heavy (non-hydrogen) atoms. The summed E-state index contributed by atoms with van der Waals surface area (Å²) >= 11 is 0. The first kappa shape index (κ1) is 20.0. The standard InChI is InChI=1S/C20H24F2N4O2/c1-3-12(2)10-23-20(28)19-15-11-26(7-6-17(15)24-25-19)18(27)8-13-4-5-14(21)9-16(13)22/h4-5,9,12H,3,6-8,10-11H2,1-2H3,(H,23,28)(H,24,25). The number of fused-ring (bicyclic) bond motifs is 1. The number of rotatable bonds is 6. The summed E-state index contributed by atoms with van der Waals surface area (Å²) in [4.78, 5) is 26.6. The minimum atomic E-state index is -0.737. The molecule has 0 aliphatic carbocycles. The van der Waals surface area contributed by atoms with E-state index >= 15 is 0 Å². The van der Waals surface area contributed by atoms with Gasteiger partial charge in [-0.2, -0.15) is 5.10 Å². The van der Waals surface area contributed by atoms with Crippen molar-refractivity contribution in [2.45, 2.75) is 39.7 Å². The van der Waals surface area contributed by atoms with Gasteiger partial charge in [0.15, 0.2) is 5.69 Å². The largest absolute Gasteiger partial charge is 0.350 e. The van der Waals surface area contributed by atoms with E-state index in [2.05, 4.69) is 29.4 Å². The maximum absolute atomic E-state index is 13.8. The van der Waals surface area contributed by atoms with E-state index in [1.165, 1.54) is 6.07 Å². The van der Waals surface area contributed by atoms with E-state index in [0.29, 0.717) is 36.7 Å². The molecule has 8 heteroatoms. The van der Waals surface area contributed by atoms with Crippen molar-refractivity contribution in [1.82, 2.24) is 20.4 Å². The zero-order chi connectivity index (χ0) is 20.3. The van der Waals surface area contributed by atoms with E-state index in [4.69, 9.17) is 0 Å². The van der Waals surface area contributed by atoms with Gasteiger partial charge in [0.1, 0.15) is 11.6 Å². The van der Waals surface area contributed by atoms with Gasteiger partial charge in [-0.15, -0.1) is 0 Å². The number of nitrogens with one attached hydrogen (secondary N) is 2. The summed E-state index contributed by atoms with van der Waals surface area (Å²) in [6.45, 7) is 5.35. The van der Waals surface area contributed by atoms with E-state index in [9.17, 15) is 18.4 Å². The van der Waals surface area contributed by atoms with Crippen LogP contribution < -0.4 is 5.32 Å². The van der Waals surface area contributed by atoms with Crippen LogP contribution in [0.4, 0.5) is 8.78 Å². The second kappa shape index (κ2) is 8.50. The highest BCUT2D eigenvalue weighted by atomic mass is 19.1. The maximum atomic E-state index is 13.8. The number of benzene rings is 1. The van der Waals surface area contributed by atoms with Crippen LogP contribution in [0, 0.1) is 17.6 Å². The van der Waals surface area contributed by atoms with Gasteiger partial charge in [0.25, 0.3) is 5.91 Å². The normalized spacial score (nSPS) is 14.5. The number of aromatic amines is 1. The van der Waals surface area contributed by atoms with Crippen LogP contribution in [0.25, 0.3) is 0 Å². The Morgan fingerprint density at radius 1 is 1.36 bits per heavy atom. The van der Waals surface area contributed by atoms with Gasteiger partial charge in [0, 0.05) is 43.4 Å². The molecule has 0 spiro atoms. The number of amides is 2. The lowest BCUT2D eigenvalue weighted by molar-refractivity contribution is -0.131. The van der Waals surface area contributed by atoms with Gasteiger partial charge < -0.3 is 10.2 Å². The summed E-state index contributed by atoms with van der Waals surface area (Å²) < 4.78 is 26.9. The van der Waals surface area contributed by atoms with Crippen LogP contribution in [0.3, 0.4) is 0 Å². The van der Waals surface area contributed by atoms with Gasteiger partial charge in [-0.3, -0.25) is 14.7 Å². The molecule has 2 heterocycles. The SMILES string of the molecule is CCC(C)CNC(=O)c1n[nH]c2c1CN(C(=O)Cc1ccc(F)cc1F)CC2. The molecule has 2 aromatic rings. The fourth-order valence-electron chi connectivity index (χ4n) is 3.13. The molecule has 2 N–H and O–H groups in total. The number of halogens is 2. The van der Waals surface area contributed by atoms with Gasteiger partial charge in [-0.1, -0.05) is 26.3 Å². The molecule has 150 valence electrons. The Kier molecular flexibility index (Phi) is 6.06. The fraction of sp³-hybridized carbons (Fsp3) is 0.450. The highest BCUT2D eigenvalue weighted by molar-refractivity contribution is 5.94. The summed E-state index contributed by atoms with van der Waals surface area (Å²) in [7, 11) is 0.